The molecule has 0 radical (unpaired) electrons. The molecule has 0 saturated carbocycles. The maximum Gasteiger partial charge on any atom is 0.228 e. The number of benzene rings is 2. The Hall–Kier alpha value is -2.11. The summed E-state index contributed by atoms with van der Waals surface area (Å²) in [6.07, 6.45) is 0.205. The van der Waals surface area contributed by atoms with Crippen LogP contribution in [0.3, 0.4) is 0 Å². The van der Waals surface area contributed by atoms with E-state index in [9.17, 15) is 9.18 Å². The molecule has 126 valence electrons. The zero-order chi connectivity index (χ0) is 16.9. The topological polar surface area (TPSA) is 41.6 Å². The second-order valence-corrected chi connectivity index (χ2v) is 6.05. The number of carbonyl (C=O) groups excluding carboxylic acids is 1. The number of nitrogens with zero attached hydrogens (tertiary/aromatic N) is 1. The average molecular weight is 349 g/mol. The van der Waals surface area contributed by atoms with Crippen molar-refractivity contribution < 1.29 is 13.9 Å². The molecule has 1 N–H and O–H groups in total. The standard InChI is InChI=1S/C18H18ClFN2O2/c19-14-3-1-13(2-4-14)11-18(23)21-16-12-15(20)5-6-17(16)22-7-9-24-10-8-22/h1-6,12H,7-11H2,(H,21,23). The van der Waals surface area contributed by atoms with Crippen LogP contribution >= 0.6 is 11.6 Å². The number of hydrogen-bond donors (Lipinski definition) is 1. The van der Waals surface area contributed by atoms with E-state index >= 15 is 0 Å². The molecule has 1 heterocycles. The van der Waals surface area contributed by atoms with E-state index in [2.05, 4.69) is 10.2 Å². The number of amides is 1. The molecule has 0 bridgehead atoms. The van der Waals surface area contributed by atoms with E-state index in [-0.39, 0.29) is 18.1 Å². The Balaban J connectivity index is 1.74. The normalized spacial score (nSPS) is 14.5. The van der Waals surface area contributed by atoms with Crippen LogP contribution in [0.25, 0.3) is 0 Å². The first-order valence-electron chi connectivity index (χ1n) is 7.78. The van der Waals surface area contributed by atoms with Crippen LogP contribution in [-0.2, 0) is 16.0 Å². The molecule has 1 amide bonds. The van der Waals surface area contributed by atoms with Crippen LogP contribution < -0.4 is 10.2 Å². The van der Waals surface area contributed by atoms with Crippen LogP contribution in [0.4, 0.5) is 15.8 Å². The van der Waals surface area contributed by atoms with E-state index in [1.165, 1.54) is 12.1 Å². The van der Waals surface area contributed by atoms with Crippen molar-refractivity contribution in [3.63, 3.8) is 0 Å². The summed E-state index contributed by atoms with van der Waals surface area (Å²) in [5, 5.41) is 3.44. The van der Waals surface area contributed by atoms with E-state index in [1.807, 2.05) is 0 Å². The molecule has 24 heavy (non-hydrogen) atoms. The monoisotopic (exact) mass is 348 g/mol. The van der Waals surface area contributed by atoms with Crippen LogP contribution in [0.1, 0.15) is 5.56 Å². The molecule has 2 aromatic rings. The van der Waals surface area contributed by atoms with Crippen molar-refractivity contribution in [3.8, 4) is 0 Å². The number of nitrogens with one attached hydrogen (secondary N) is 1. The molecule has 0 unspecified atom stereocenters. The largest absolute Gasteiger partial charge is 0.378 e. The highest BCUT2D eigenvalue weighted by Crippen LogP contribution is 2.28. The van der Waals surface area contributed by atoms with Gasteiger partial charge in [-0.05, 0) is 35.9 Å². The maximum absolute atomic E-state index is 13.6. The highest BCUT2D eigenvalue weighted by atomic mass is 35.5. The smallest absolute Gasteiger partial charge is 0.228 e. The zero-order valence-electron chi connectivity index (χ0n) is 13.1. The van der Waals surface area contributed by atoms with E-state index in [4.69, 9.17) is 16.3 Å². The van der Waals surface area contributed by atoms with Crippen molar-refractivity contribution in [1.29, 1.82) is 0 Å². The van der Waals surface area contributed by atoms with Gasteiger partial charge in [0.05, 0.1) is 31.0 Å². The first kappa shape index (κ1) is 16.7. The Morgan fingerprint density at radius 3 is 2.58 bits per heavy atom. The van der Waals surface area contributed by atoms with Gasteiger partial charge in [0.1, 0.15) is 5.82 Å². The van der Waals surface area contributed by atoms with Crippen LogP contribution in [-0.4, -0.2) is 32.2 Å². The fourth-order valence-corrected chi connectivity index (χ4v) is 2.80. The van der Waals surface area contributed by atoms with Crippen LogP contribution in [0.15, 0.2) is 42.5 Å². The first-order chi connectivity index (χ1) is 11.6. The summed E-state index contributed by atoms with van der Waals surface area (Å²) < 4.78 is 19.0. The third kappa shape index (κ3) is 4.24. The summed E-state index contributed by atoms with van der Waals surface area (Å²) >= 11 is 5.84. The van der Waals surface area contributed by atoms with Crippen molar-refractivity contribution in [2.24, 2.45) is 0 Å². The molecule has 4 nitrogen and oxygen atoms in total. The molecule has 0 aromatic heterocycles. The van der Waals surface area contributed by atoms with Gasteiger partial charge in [0, 0.05) is 18.1 Å². The lowest BCUT2D eigenvalue weighted by atomic mass is 10.1. The van der Waals surface area contributed by atoms with Gasteiger partial charge in [-0.25, -0.2) is 4.39 Å². The number of ether oxygens (including phenoxy) is 1. The van der Waals surface area contributed by atoms with E-state index in [1.54, 1.807) is 30.3 Å². The summed E-state index contributed by atoms with van der Waals surface area (Å²) in [4.78, 5) is 14.4. The number of halogens is 2. The van der Waals surface area contributed by atoms with Gasteiger partial charge >= 0.3 is 0 Å². The fraction of sp³-hybridized carbons (Fsp3) is 0.278. The molecule has 2 aromatic carbocycles. The third-order valence-electron chi connectivity index (χ3n) is 3.86. The molecule has 0 aliphatic carbocycles. The summed E-state index contributed by atoms with van der Waals surface area (Å²) in [5.74, 6) is -0.578. The van der Waals surface area contributed by atoms with Gasteiger partial charge in [0.25, 0.3) is 0 Å². The minimum absolute atomic E-state index is 0.197. The van der Waals surface area contributed by atoms with Crippen molar-refractivity contribution in [2.75, 3.05) is 36.5 Å². The summed E-state index contributed by atoms with van der Waals surface area (Å²) in [5.41, 5.74) is 2.14. The lowest BCUT2D eigenvalue weighted by Crippen LogP contribution is -2.36. The van der Waals surface area contributed by atoms with Crippen LogP contribution in [0, 0.1) is 5.82 Å². The molecule has 1 aliphatic rings. The van der Waals surface area contributed by atoms with Crippen molar-refractivity contribution in [3.05, 3.63) is 58.9 Å². The van der Waals surface area contributed by atoms with Gasteiger partial charge in [-0.1, -0.05) is 23.7 Å². The van der Waals surface area contributed by atoms with Gasteiger partial charge in [0.15, 0.2) is 0 Å². The average Bonchev–Trinajstić information content (AvgIpc) is 2.58. The molecule has 6 heteroatoms. The predicted molar refractivity (Wildman–Crippen MR) is 93.2 cm³/mol. The predicted octanol–water partition coefficient (Wildman–Crippen LogP) is 3.50. The minimum Gasteiger partial charge on any atom is -0.378 e. The Morgan fingerprint density at radius 1 is 1.17 bits per heavy atom. The molecule has 1 fully saturated rings. The van der Waals surface area contributed by atoms with Crippen molar-refractivity contribution in [1.82, 2.24) is 0 Å². The SMILES string of the molecule is O=C(Cc1ccc(Cl)cc1)Nc1cc(F)ccc1N1CCOCC1. The summed E-state index contributed by atoms with van der Waals surface area (Å²) in [6.45, 7) is 2.67. The van der Waals surface area contributed by atoms with Crippen LogP contribution in [0.5, 0.6) is 0 Å². The quantitative estimate of drug-likeness (QED) is 0.919. The maximum atomic E-state index is 13.6. The molecule has 0 spiro atoms. The van der Waals surface area contributed by atoms with Crippen molar-refractivity contribution >= 4 is 28.9 Å². The number of morpholine rings is 1. The lowest BCUT2D eigenvalue weighted by Gasteiger charge is -2.30. The number of carbonyl (C=O) groups is 1. The lowest BCUT2D eigenvalue weighted by molar-refractivity contribution is -0.115. The Bertz CT molecular complexity index is 715. The first-order valence-corrected chi connectivity index (χ1v) is 8.16. The number of hydrogen-bond acceptors (Lipinski definition) is 3. The minimum atomic E-state index is -0.381. The van der Waals surface area contributed by atoms with Crippen LogP contribution in [0.2, 0.25) is 5.02 Å². The second kappa shape index (κ2) is 7.64. The van der Waals surface area contributed by atoms with E-state index in [0.29, 0.717) is 37.0 Å². The van der Waals surface area contributed by atoms with E-state index in [0.717, 1.165) is 11.3 Å². The van der Waals surface area contributed by atoms with Gasteiger partial charge in [-0.3, -0.25) is 4.79 Å². The molecule has 1 aliphatic heterocycles. The van der Waals surface area contributed by atoms with Crippen molar-refractivity contribution in [2.45, 2.75) is 6.42 Å². The third-order valence-corrected chi connectivity index (χ3v) is 4.11. The fourth-order valence-electron chi connectivity index (χ4n) is 2.67. The Labute approximate surface area is 145 Å². The molecule has 1 saturated heterocycles. The molecule has 3 rings (SSSR count). The molecular weight excluding hydrogens is 331 g/mol. The second-order valence-electron chi connectivity index (χ2n) is 5.61. The van der Waals surface area contributed by atoms with Gasteiger partial charge in [-0.15, -0.1) is 0 Å². The number of anilines is 2. The van der Waals surface area contributed by atoms with E-state index < -0.39 is 0 Å². The van der Waals surface area contributed by atoms with Gasteiger partial charge in [0.2, 0.25) is 5.91 Å². The van der Waals surface area contributed by atoms with Gasteiger partial charge in [-0.2, -0.15) is 0 Å². The highest BCUT2D eigenvalue weighted by Gasteiger charge is 2.17. The zero-order valence-corrected chi connectivity index (χ0v) is 13.9. The molecule has 0 atom stereocenters. The molecular formula is C18H18ClFN2O2. The Kier molecular flexibility index (Phi) is 5.33. The highest BCUT2D eigenvalue weighted by molar-refractivity contribution is 6.30. The van der Waals surface area contributed by atoms with Gasteiger partial charge < -0.3 is 15.0 Å². The summed E-state index contributed by atoms with van der Waals surface area (Å²) in [7, 11) is 0. The summed E-state index contributed by atoms with van der Waals surface area (Å²) in [6, 6.07) is 11.5. The Morgan fingerprint density at radius 2 is 1.88 bits per heavy atom. The number of rotatable bonds is 4.